The molecule has 4 rings (SSSR count). The molecule has 1 aromatic heterocycles. The van der Waals surface area contributed by atoms with Crippen molar-refractivity contribution in [1.82, 2.24) is 9.88 Å². The lowest BCUT2D eigenvalue weighted by molar-refractivity contribution is -0.134. The predicted molar refractivity (Wildman–Crippen MR) is 108 cm³/mol. The van der Waals surface area contributed by atoms with Crippen LogP contribution < -0.4 is 9.47 Å². The molecule has 1 saturated heterocycles. The lowest BCUT2D eigenvalue weighted by atomic mass is 10.1. The first-order valence-electron chi connectivity index (χ1n) is 8.99. The molecule has 1 aliphatic rings. The minimum atomic E-state index is -0.951. The number of aromatic nitrogens is 1. The number of ether oxygens (including phenoxy) is 3. The molecule has 1 fully saturated rings. The normalized spacial score (nSPS) is 18.6. The molecule has 1 unspecified atom stereocenters. The summed E-state index contributed by atoms with van der Waals surface area (Å²) in [7, 11) is 3.19. The first kappa shape index (κ1) is 18.7. The van der Waals surface area contributed by atoms with Gasteiger partial charge in [0.25, 0.3) is 5.91 Å². The van der Waals surface area contributed by atoms with E-state index in [1.165, 1.54) is 0 Å². The number of hydrogen-bond donors (Lipinski definition) is 0. The summed E-state index contributed by atoms with van der Waals surface area (Å²) in [5, 5.41) is 0.856. The number of hydrogen-bond acceptors (Lipinski definition) is 6. The van der Waals surface area contributed by atoms with Crippen LogP contribution in [0.5, 0.6) is 11.5 Å². The van der Waals surface area contributed by atoms with Crippen molar-refractivity contribution in [2.45, 2.75) is 32.2 Å². The van der Waals surface area contributed by atoms with Crippen LogP contribution in [-0.2, 0) is 16.1 Å². The van der Waals surface area contributed by atoms with Crippen molar-refractivity contribution in [3.05, 3.63) is 53.0 Å². The summed E-state index contributed by atoms with van der Waals surface area (Å²) in [4.78, 5) is 19.5. The van der Waals surface area contributed by atoms with E-state index < -0.39 is 11.8 Å². The Morgan fingerprint density at radius 2 is 1.79 bits per heavy atom. The highest BCUT2D eigenvalue weighted by Gasteiger charge is 2.49. The summed E-state index contributed by atoms with van der Waals surface area (Å²) in [6, 6.07) is 13.5. The van der Waals surface area contributed by atoms with Gasteiger partial charge in [-0.1, -0.05) is 18.2 Å². The fraction of sp³-hybridized carbons (Fsp3) is 0.333. The molecule has 146 valence electrons. The van der Waals surface area contributed by atoms with Crippen molar-refractivity contribution in [1.29, 1.82) is 0 Å². The number of thiazole rings is 1. The molecule has 0 bridgehead atoms. The van der Waals surface area contributed by atoms with Gasteiger partial charge in [-0.25, -0.2) is 4.98 Å². The second kappa shape index (κ2) is 7.07. The second-order valence-corrected chi connectivity index (χ2v) is 8.18. The molecule has 1 aliphatic heterocycles. The number of benzene rings is 2. The van der Waals surface area contributed by atoms with E-state index in [1.807, 2.05) is 42.5 Å². The van der Waals surface area contributed by atoms with Crippen LogP contribution in [0.4, 0.5) is 0 Å². The largest absolute Gasteiger partial charge is 0.496 e. The summed E-state index contributed by atoms with van der Waals surface area (Å²) in [6.07, 6.45) is -0.624. The third-order valence-electron chi connectivity index (χ3n) is 4.82. The van der Waals surface area contributed by atoms with Crippen molar-refractivity contribution < 1.29 is 19.0 Å². The maximum atomic E-state index is 13.1. The molecule has 28 heavy (non-hydrogen) atoms. The Morgan fingerprint density at radius 1 is 1.11 bits per heavy atom. The molecule has 2 aromatic carbocycles. The Hall–Kier alpha value is -2.64. The van der Waals surface area contributed by atoms with E-state index in [0.29, 0.717) is 23.6 Å². The SMILES string of the molecule is COc1cccc(OC)c1C1OC(C)(C)C(=O)N1Cc1nc2ccccc2s1. The van der Waals surface area contributed by atoms with Gasteiger partial charge in [-0.3, -0.25) is 4.79 Å². The molecule has 1 amide bonds. The summed E-state index contributed by atoms with van der Waals surface area (Å²) in [5.41, 5.74) is 0.681. The minimum absolute atomic E-state index is 0.0929. The minimum Gasteiger partial charge on any atom is -0.496 e. The molecule has 0 saturated carbocycles. The van der Waals surface area contributed by atoms with Gasteiger partial charge < -0.3 is 19.1 Å². The number of carbonyl (C=O) groups excluding carboxylic acids is 1. The Labute approximate surface area is 167 Å². The standard InChI is InChI=1S/C21H22N2O4S/c1-21(2)20(24)23(12-17-22-13-8-5-6-11-16(13)28-17)19(27-21)18-14(25-3)9-7-10-15(18)26-4/h5-11,19H,12H2,1-4H3. The molecule has 0 radical (unpaired) electrons. The molecule has 1 atom stereocenters. The molecule has 7 heteroatoms. The van der Waals surface area contributed by atoms with Crippen LogP contribution in [-0.4, -0.2) is 35.6 Å². The number of carbonyl (C=O) groups is 1. The van der Waals surface area contributed by atoms with Gasteiger partial charge >= 0.3 is 0 Å². The molecular formula is C21H22N2O4S. The Kier molecular flexibility index (Phi) is 4.72. The van der Waals surface area contributed by atoms with Crippen molar-refractivity contribution in [3.8, 4) is 11.5 Å². The van der Waals surface area contributed by atoms with Crippen LogP contribution in [0.15, 0.2) is 42.5 Å². The van der Waals surface area contributed by atoms with Gasteiger partial charge in [0.05, 0.1) is 36.5 Å². The monoisotopic (exact) mass is 398 g/mol. The lowest BCUT2D eigenvalue weighted by Crippen LogP contribution is -2.35. The fourth-order valence-corrected chi connectivity index (χ4v) is 4.44. The van der Waals surface area contributed by atoms with E-state index in [1.54, 1.807) is 44.3 Å². The number of para-hydroxylation sites is 1. The van der Waals surface area contributed by atoms with Crippen molar-refractivity contribution in [2.24, 2.45) is 0 Å². The zero-order valence-corrected chi connectivity index (χ0v) is 17.1. The Balaban J connectivity index is 1.76. The lowest BCUT2D eigenvalue weighted by Gasteiger charge is -2.25. The van der Waals surface area contributed by atoms with Gasteiger partial charge in [0.2, 0.25) is 0 Å². The molecule has 0 aliphatic carbocycles. The maximum absolute atomic E-state index is 13.1. The van der Waals surface area contributed by atoms with E-state index in [4.69, 9.17) is 14.2 Å². The maximum Gasteiger partial charge on any atom is 0.257 e. The van der Waals surface area contributed by atoms with Crippen LogP contribution >= 0.6 is 11.3 Å². The van der Waals surface area contributed by atoms with Gasteiger partial charge in [0, 0.05) is 0 Å². The number of fused-ring (bicyclic) bond motifs is 1. The summed E-state index contributed by atoms with van der Waals surface area (Å²) < 4.78 is 18.4. The number of amides is 1. The van der Waals surface area contributed by atoms with Gasteiger partial charge in [-0.05, 0) is 38.1 Å². The highest BCUT2D eigenvalue weighted by atomic mass is 32.1. The van der Waals surface area contributed by atoms with Gasteiger partial charge in [-0.15, -0.1) is 11.3 Å². The van der Waals surface area contributed by atoms with Gasteiger partial charge in [-0.2, -0.15) is 0 Å². The average molecular weight is 398 g/mol. The van der Waals surface area contributed by atoms with E-state index in [-0.39, 0.29) is 5.91 Å². The van der Waals surface area contributed by atoms with Crippen LogP contribution in [0, 0.1) is 0 Å². The van der Waals surface area contributed by atoms with Crippen molar-refractivity contribution in [3.63, 3.8) is 0 Å². The second-order valence-electron chi connectivity index (χ2n) is 7.07. The van der Waals surface area contributed by atoms with E-state index in [9.17, 15) is 4.79 Å². The zero-order valence-electron chi connectivity index (χ0n) is 16.3. The number of methoxy groups -OCH3 is 2. The number of nitrogens with zero attached hydrogens (tertiary/aromatic N) is 2. The quantitative estimate of drug-likeness (QED) is 0.646. The van der Waals surface area contributed by atoms with Crippen LogP contribution in [0.2, 0.25) is 0 Å². The first-order chi connectivity index (χ1) is 13.4. The zero-order chi connectivity index (χ0) is 19.9. The first-order valence-corrected chi connectivity index (χ1v) is 9.80. The van der Waals surface area contributed by atoms with E-state index >= 15 is 0 Å². The summed E-state index contributed by atoms with van der Waals surface area (Å²) in [5.74, 6) is 1.14. The Morgan fingerprint density at radius 3 is 2.43 bits per heavy atom. The smallest absolute Gasteiger partial charge is 0.257 e. The molecule has 0 N–H and O–H groups in total. The van der Waals surface area contributed by atoms with E-state index in [0.717, 1.165) is 15.2 Å². The van der Waals surface area contributed by atoms with E-state index in [2.05, 4.69) is 4.98 Å². The predicted octanol–water partition coefficient (Wildman–Crippen LogP) is 4.15. The van der Waals surface area contributed by atoms with Gasteiger partial charge in [0.15, 0.2) is 6.23 Å². The molecule has 2 heterocycles. The van der Waals surface area contributed by atoms with Crippen LogP contribution in [0.1, 0.15) is 30.6 Å². The van der Waals surface area contributed by atoms with Crippen molar-refractivity contribution in [2.75, 3.05) is 14.2 Å². The molecule has 0 spiro atoms. The average Bonchev–Trinajstić information content (AvgIpc) is 3.20. The van der Waals surface area contributed by atoms with Crippen LogP contribution in [0.25, 0.3) is 10.2 Å². The summed E-state index contributed by atoms with van der Waals surface area (Å²) >= 11 is 1.58. The van der Waals surface area contributed by atoms with Crippen molar-refractivity contribution >= 4 is 27.5 Å². The fourth-order valence-electron chi connectivity index (χ4n) is 3.47. The van der Waals surface area contributed by atoms with Gasteiger partial charge in [0.1, 0.15) is 22.1 Å². The summed E-state index contributed by atoms with van der Waals surface area (Å²) in [6.45, 7) is 3.92. The Bertz CT molecular complexity index is 975. The number of rotatable bonds is 5. The molecular weight excluding hydrogens is 376 g/mol. The molecule has 6 nitrogen and oxygen atoms in total. The third kappa shape index (κ3) is 3.10. The topological polar surface area (TPSA) is 60.9 Å². The highest BCUT2D eigenvalue weighted by molar-refractivity contribution is 7.18. The highest BCUT2D eigenvalue weighted by Crippen LogP contribution is 2.45. The third-order valence-corrected chi connectivity index (χ3v) is 5.84. The molecule has 3 aromatic rings. The van der Waals surface area contributed by atoms with Crippen LogP contribution in [0.3, 0.4) is 0 Å².